The SMILES string of the molecule is NCC(O)(CSCc1ccccc1Cl)c1ccccc1. The topological polar surface area (TPSA) is 46.2 Å². The van der Waals surface area contributed by atoms with E-state index in [0.717, 1.165) is 21.9 Å². The van der Waals surface area contributed by atoms with Crippen LogP contribution in [-0.4, -0.2) is 17.4 Å². The average Bonchev–Trinajstić information content (AvgIpc) is 2.50. The Hall–Kier alpha value is -1.00. The van der Waals surface area contributed by atoms with Crippen LogP contribution in [0.3, 0.4) is 0 Å². The minimum atomic E-state index is -0.993. The van der Waals surface area contributed by atoms with Crippen LogP contribution >= 0.6 is 23.4 Å². The first kappa shape index (κ1) is 15.4. The number of halogens is 1. The van der Waals surface area contributed by atoms with E-state index in [2.05, 4.69) is 0 Å². The Morgan fingerprint density at radius 3 is 2.35 bits per heavy atom. The maximum absolute atomic E-state index is 10.7. The predicted octanol–water partition coefficient (Wildman–Crippen LogP) is 3.42. The standard InChI is InChI=1S/C16H18ClNOS/c17-15-9-5-4-6-13(15)10-20-12-16(19,11-18)14-7-2-1-3-8-14/h1-9,19H,10-12,18H2. The first-order valence-electron chi connectivity index (χ1n) is 6.45. The molecule has 1 atom stereocenters. The van der Waals surface area contributed by atoms with E-state index in [1.807, 2.05) is 54.6 Å². The molecule has 2 rings (SSSR count). The summed E-state index contributed by atoms with van der Waals surface area (Å²) >= 11 is 7.76. The van der Waals surface area contributed by atoms with Crippen molar-refractivity contribution in [2.24, 2.45) is 5.73 Å². The van der Waals surface area contributed by atoms with Crippen molar-refractivity contribution in [3.05, 3.63) is 70.7 Å². The van der Waals surface area contributed by atoms with Crippen LogP contribution in [0.15, 0.2) is 54.6 Å². The van der Waals surface area contributed by atoms with Gasteiger partial charge in [0.2, 0.25) is 0 Å². The molecule has 2 aromatic carbocycles. The maximum atomic E-state index is 10.7. The lowest BCUT2D eigenvalue weighted by atomic mass is 9.96. The van der Waals surface area contributed by atoms with Crippen LogP contribution in [0, 0.1) is 0 Å². The van der Waals surface area contributed by atoms with Crippen molar-refractivity contribution in [1.82, 2.24) is 0 Å². The van der Waals surface area contributed by atoms with Gasteiger partial charge in [0, 0.05) is 23.1 Å². The summed E-state index contributed by atoms with van der Waals surface area (Å²) in [5.74, 6) is 1.30. The molecule has 1 unspecified atom stereocenters. The maximum Gasteiger partial charge on any atom is 0.111 e. The Bertz CT molecular complexity index is 549. The van der Waals surface area contributed by atoms with Gasteiger partial charge in [-0.25, -0.2) is 0 Å². The number of nitrogens with two attached hydrogens (primary N) is 1. The predicted molar refractivity (Wildman–Crippen MR) is 87.0 cm³/mol. The van der Waals surface area contributed by atoms with Gasteiger partial charge < -0.3 is 10.8 Å². The molecule has 0 saturated carbocycles. The first-order valence-corrected chi connectivity index (χ1v) is 7.98. The molecule has 4 heteroatoms. The number of thioether (sulfide) groups is 1. The smallest absolute Gasteiger partial charge is 0.111 e. The highest BCUT2D eigenvalue weighted by atomic mass is 35.5. The van der Waals surface area contributed by atoms with Gasteiger partial charge in [0.05, 0.1) is 0 Å². The van der Waals surface area contributed by atoms with Crippen LogP contribution in [0.5, 0.6) is 0 Å². The number of benzene rings is 2. The van der Waals surface area contributed by atoms with Crippen molar-refractivity contribution in [2.45, 2.75) is 11.4 Å². The molecule has 2 aromatic rings. The van der Waals surface area contributed by atoms with E-state index in [0.29, 0.717) is 5.75 Å². The summed E-state index contributed by atoms with van der Waals surface area (Å²) in [7, 11) is 0. The van der Waals surface area contributed by atoms with E-state index in [-0.39, 0.29) is 6.54 Å². The van der Waals surface area contributed by atoms with Gasteiger partial charge >= 0.3 is 0 Å². The molecule has 0 radical (unpaired) electrons. The fourth-order valence-electron chi connectivity index (χ4n) is 1.95. The minimum Gasteiger partial charge on any atom is -0.383 e. The molecule has 0 aliphatic rings. The largest absolute Gasteiger partial charge is 0.383 e. The van der Waals surface area contributed by atoms with Gasteiger partial charge in [-0.3, -0.25) is 0 Å². The second-order valence-electron chi connectivity index (χ2n) is 4.69. The molecule has 0 aromatic heterocycles. The molecule has 0 fully saturated rings. The third-order valence-corrected chi connectivity index (χ3v) is 4.77. The highest BCUT2D eigenvalue weighted by molar-refractivity contribution is 7.98. The van der Waals surface area contributed by atoms with Crippen molar-refractivity contribution in [3.8, 4) is 0 Å². The molecular weight excluding hydrogens is 290 g/mol. The van der Waals surface area contributed by atoms with E-state index in [9.17, 15) is 5.11 Å². The van der Waals surface area contributed by atoms with Crippen LogP contribution in [0.4, 0.5) is 0 Å². The van der Waals surface area contributed by atoms with Gasteiger partial charge in [-0.15, -0.1) is 0 Å². The van der Waals surface area contributed by atoms with Crippen LogP contribution in [0.25, 0.3) is 0 Å². The fraction of sp³-hybridized carbons (Fsp3) is 0.250. The summed E-state index contributed by atoms with van der Waals surface area (Å²) < 4.78 is 0. The summed E-state index contributed by atoms with van der Waals surface area (Å²) in [6.45, 7) is 0.201. The van der Waals surface area contributed by atoms with Gasteiger partial charge in [0.1, 0.15) is 5.60 Å². The van der Waals surface area contributed by atoms with E-state index in [1.54, 1.807) is 11.8 Å². The number of rotatable bonds is 6. The van der Waals surface area contributed by atoms with E-state index < -0.39 is 5.60 Å². The van der Waals surface area contributed by atoms with Crippen molar-refractivity contribution in [1.29, 1.82) is 0 Å². The number of hydrogen-bond acceptors (Lipinski definition) is 3. The monoisotopic (exact) mass is 307 g/mol. The summed E-state index contributed by atoms with van der Waals surface area (Å²) in [6.07, 6.45) is 0. The van der Waals surface area contributed by atoms with Gasteiger partial charge in [-0.2, -0.15) is 11.8 Å². The van der Waals surface area contributed by atoms with Crippen LogP contribution in [0.1, 0.15) is 11.1 Å². The average molecular weight is 308 g/mol. The Morgan fingerprint density at radius 1 is 1.05 bits per heavy atom. The normalized spacial score (nSPS) is 13.9. The third kappa shape index (κ3) is 3.76. The van der Waals surface area contributed by atoms with Crippen molar-refractivity contribution in [2.75, 3.05) is 12.3 Å². The lowest BCUT2D eigenvalue weighted by Crippen LogP contribution is -2.37. The molecule has 0 saturated heterocycles. The molecule has 3 N–H and O–H groups in total. The number of hydrogen-bond donors (Lipinski definition) is 2. The van der Waals surface area contributed by atoms with Gasteiger partial charge in [-0.05, 0) is 17.2 Å². The molecule has 0 heterocycles. The zero-order valence-corrected chi connectivity index (χ0v) is 12.7. The quantitative estimate of drug-likeness (QED) is 0.859. The Kier molecular flexibility index (Phi) is 5.49. The molecule has 0 bridgehead atoms. The van der Waals surface area contributed by atoms with Gasteiger partial charge in [-0.1, -0.05) is 60.1 Å². The molecule has 0 amide bonds. The third-order valence-electron chi connectivity index (χ3n) is 3.21. The fourth-order valence-corrected chi connectivity index (χ4v) is 3.43. The second-order valence-corrected chi connectivity index (χ2v) is 6.08. The lowest BCUT2D eigenvalue weighted by molar-refractivity contribution is 0.0721. The van der Waals surface area contributed by atoms with Gasteiger partial charge in [0.25, 0.3) is 0 Å². The Morgan fingerprint density at radius 2 is 1.70 bits per heavy atom. The minimum absolute atomic E-state index is 0.201. The molecule has 106 valence electrons. The summed E-state index contributed by atoms with van der Waals surface area (Å²) in [5.41, 5.74) is 6.70. The van der Waals surface area contributed by atoms with Gasteiger partial charge in [0.15, 0.2) is 0 Å². The van der Waals surface area contributed by atoms with E-state index in [1.165, 1.54) is 0 Å². The first-order chi connectivity index (χ1) is 9.65. The Labute approximate surface area is 129 Å². The van der Waals surface area contributed by atoms with Crippen LogP contribution < -0.4 is 5.73 Å². The number of aliphatic hydroxyl groups is 1. The van der Waals surface area contributed by atoms with E-state index >= 15 is 0 Å². The zero-order chi connectivity index (χ0) is 14.4. The molecule has 0 aliphatic heterocycles. The van der Waals surface area contributed by atoms with Crippen LogP contribution in [0.2, 0.25) is 5.02 Å². The molecule has 2 nitrogen and oxygen atoms in total. The van der Waals surface area contributed by atoms with Crippen molar-refractivity contribution in [3.63, 3.8) is 0 Å². The molecule has 0 aliphatic carbocycles. The Balaban J connectivity index is 2.00. The summed E-state index contributed by atoms with van der Waals surface area (Å²) in [6, 6.07) is 17.3. The van der Waals surface area contributed by atoms with E-state index in [4.69, 9.17) is 17.3 Å². The zero-order valence-electron chi connectivity index (χ0n) is 11.1. The molecular formula is C16H18ClNOS. The molecule has 20 heavy (non-hydrogen) atoms. The second kappa shape index (κ2) is 7.14. The highest BCUT2D eigenvalue weighted by Gasteiger charge is 2.27. The van der Waals surface area contributed by atoms with Crippen LogP contribution in [-0.2, 0) is 11.4 Å². The summed E-state index contributed by atoms with van der Waals surface area (Å²) in [5, 5.41) is 11.4. The lowest BCUT2D eigenvalue weighted by Gasteiger charge is -2.26. The molecule has 0 spiro atoms. The van der Waals surface area contributed by atoms with Crippen molar-refractivity contribution >= 4 is 23.4 Å². The summed E-state index contributed by atoms with van der Waals surface area (Å²) in [4.78, 5) is 0. The van der Waals surface area contributed by atoms with Crippen molar-refractivity contribution < 1.29 is 5.11 Å². The highest BCUT2D eigenvalue weighted by Crippen LogP contribution is 2.28.